The van der Waals surface area contributed by atoms with Crippen molar-refractivity contribution in [3.63, 3.8) is 0 Å². The average molecular weight is 167 g/mol. The van der Waals surface area contributed by atoms with Gasteiger partial charge in [-0.15, -0.1) is 0 Å². The Hall–Kier alpha value is -1.14. The Kier molecular flexibility index (Phi) is 17.4. The van der Waals surface area contributed by atoms with E-state index in [9.17, 15) is 9.59 Å². The van der Waals surface area contributed by atoms with Gasteiger partial charge in [-0.3, -0.25) is 9.59 Å². The Morgan fingerprint density at radius 1 is 1.00 bits per heavy atom. The molecule has 11 heavy (non-hydrogen) atoms. The normalized spacial score (nSPS) is 6.73. The summed E-state index contributed by atoms with van der Waals surface area (Å²) in [6.07, 6.45) is -0.593. The molecule has 6 heteroatoms. The van der Waals surface area contributed by atoms with Crippen LogP contribution < -0.4 is 6.15 Å². The first-order valence-corrected chi connectivity index (χ1v) is 2.51. The Bertz CT molecular complexity index is 99.4. The lowest BCUT2D eigenvalue weighted by Crippen LogP contribution is -2.00. The summed E-state index contributed by atoms with van der Waals surface area (Å²) in [5.41, 5.74) is 0. The van der Waals surface area contributed by atoms with E-state index in [0.29, 0.717) is 0 Å². The molecule has 0 radical (unpaired) electrons. The second-order valence-electron chi connectivity index (χ2n) is 1.29. The molecule has 0 amide bonds. The van der Waals surface area contributed by atoms with Gasteiger partial charge in [-0.25, -0.2) is 0 Å². The van der Waals surface area contributed by atoms with Crippen LogP contribution in [0.25, 0.3) is 0 Å². The van der Waals surface area contributed by atoms with E-state index in [1.54, 1.807) is 0 Å². The van der Waals surface area contributed by atoms with E-state index in [0.717, 1.165) is 7.11 Å². The number of carboxylic acids is 2. The van der Waals surface area contributed by atoms with Gasteiger partial charge in [0.25, 0.3) is 0 Å². The highest BCUT2D eigenvalue weighted by molar-refractivity contribution is 5.75. The number of carbonyl (C=O) groups is 2. The van der Waals surface area contributed by atoms with Gasteiger partial charge in [-0.2, -0.15) is 0 Å². The summed E-state index contributed by atoms with van der Waals surface area (Å²) in [6, 6.07) is 0. The lowest BCUT2D eigenvalue weighted by Gasteiger charge is -1.85. The molecule has 68 valence electrons. The largest absolute Gasteiger partial charge is 0.481 e. The molecule has 6 N–H and O–H groups in total. The van der Waals surface area contributed by atoms with Crippen LogP contribution >= 0.6 is 0 Å². The van der Waals surface area contributed by atoms with Crippen molar-refractivity contribution in [2.75, 3.05) is 7.11 Å². The molecule has 0 aromatic carbocycles. The predicted octanol–water partition coefficient (Wildman–Crippen LogP) is -0.294. The first kappa shape index (κ1) is 16.4. The predicted molar refractivity (Wildman–Crippen MR) is 37.7 cm³/mol. The smallest absolute Gasteiger partial charge is 0.303 e. The third kappa shape index (κ3) is 28.0. The van der Waals surface area contributed by atoms with Crippen molar-refractivity contribution in [2.45, 2.75) is 12.8 Å². The van der Waals surface area contributed by atoms with Crippen LogP contribution in [0, 0.1) is 0 Å². The van der Waals surface area contributed by atoms with Crippen molar-refractivity contribution in [1.82, 2.24) is 6.15 Å². The average Bonchev–Trinajstić information content (AvgIpc) is 1.89. The highest BCUT2D eigenvalue weighted by atomic mass is 16.4. The Morgan fingerprint density at radius 2 is 1.18 bits per heavy atom. The van der Waals surface area contributed by atoms with E-state index >= 15 is 0 Å². The molecular formula is C5H13NO5. The lowest BCUT2D eigenvalue weighted by atomic mass is 10.3. The zero-order chi connectivity index (χ0) is 8.57. The van der Waals surface area contributed by atoms with Gasteiger partial charge in [-0.1, -0.05) is 0 Å². The number of hydrogen-bond acceptors (Lipinski definition) is 4. The topological polar surface area (TPSA) is 130 Å². The van der Waals surface area contributed by atoms with Crippen molar-refractivity contribution in [1.29, 1.82) is 0 Å². The SMILES string of the molecule is CO.N.O=C(O)CCC(=O)O. The van der Waals surface area contributed by atoms with Crippen LogP contribution in [-0.2, 0) is 9.59 Å². The fourth-order valence-corrected chi connectivity index (χ4v) is 0.214. The van der Waals surface area contributed by atoms with E-state index in [-0.39, 0.29) is 19.0 Å². The molecule has 6 nitrogen and oxygen atoms in total. The standard InChI is InChI=1S/C4H6O4.CH4O.H3N/c5-3(6)1-2-4(7)8;1-2;/h1-2H2,(H,5,6)(H,7,8);2H,1H3;1H3. The van der Waals surface area contributed by atoms with Crippen molar-refractivity contribution in [2.24, 2.45) is 0 Å². The molecule has 0 aromatic rings. The lowest BCUT2D eigenvalue weighted by molar-refractivity contribution is -0.143. The van der Waals surface area contributed by atoms with Gasteiger partial charge in [0, 0.05) is 7.11 Å². The summed E-state index contributed by atoms with van der Waals surface area (Å²) in [7, 11) is 1.00. The molecule has 0 bridgehead atoms. The molecule has 0 spiro atoms. The van der Waals surface area contributed by atoms with Crippen molar-refractivity contribution in [3.05, 3.63) is 0 Å². The number of hydrogen-bond donors (Lipinski definition) is 4. The van der Waals surface area contributed by atoms with E-state index in [1.807, 2.05) is 0 Å². The number of aliphatic hydroxyl groups is 1. The van der Waals surface area contributed by atoms with Crippen LogP contribution in [0.2, 0.25) is 0 Å². The third-order valence-electron chi connectivity index (χ3n) is 0.553. The molecule has 0 aliphatic rings. The quantitative estimate of drug-likeness (QED) is 0.456. The summed E-state index contributed by atoms with van der Waals surface area (Å²) >= 11 is 0. The highest BCUT2D eigenvalue weighted by Crippen LogP contribution is 1.85. The number of aliphatic hydroxyl groups excluding tert-OH is 1. The highest BCUT2D eigenvalue weighted by Gasteiger charge is 2.00. The number of rotatable bonds is 3. The molecule has 0 saturated heterocycles. The van der Waals surface area contributed by atoms with Gasteiger partial charge in [0.15, 0.2) is 0 Å². The van der Waals surface area contributed by atoms with Gasteiger partial charge >= 0.3 is 11.9 Å². The van der Waals surface area contributed by atoms with E-state index in [4.69, 9.17) is 15.3 Å². The Balaban J connectivity index is -0.000000196. The molecule has 0 aliphatic carbocycles. The third-order valence-corrected chi connectivity index (χ3v) is 0.553. The van der Waals surface area contributed by atoms with Gasteiger partial charge in [0.05, 0.1) is 12.8 Å². The molecule has 0 aromatic heterocycles. The van der Waals surface area contributed by atoms with Gasteiger partial charge in [0.1, 0.15) is 0 Å². The minimum absolute atomic E-state index is 0. The van der Waals surface area contributed by atoms with E-state index in [2.05, 4.69) is 0 Å². The Morgan fingerprint density at radius 3 is 1.27 bits per heavy atom. The zero-order valence-electron chi connectivity index (χ0n) is 6.28. The maximum absolute atomic E-state index is 9.64. The fraction of sp³-hybridized carbons (Fsp3) is 0.600. The zero-order valence-corrected chi connectivity index (χ0v) is 6.28. The van der Waals surface area contributed by atoms with E-state index in [1.165, 1.54) is 0 Å². The number of carboxylic acid groups (broad SMARTS) is 2. The summed E-state index contributed by atoms with van der Waals surface area (Å²) < 4.78 is 0. The van der Waals surface area contributed by atoms with Crippen molar-refractivity contribution >= 4 is 11.9 Å². The second kappa shape index (κ2) is 11.6. The van der Waals surface area contributed by atoms with Gasteiger partial charge in [0.2, 0.25) is 0 Å². The molecule has 0 unspecified atom stereocenters. The Labute approximate surface area is 64.0 Å². The molecule has 0 heterocycles. The van der Waals surface area contributed by atoms with Crippen LogP contribution in [0.4, 0.5) is 0 Å². The minimum atomic E-state index is -1.08. The summed E-state index contributed by atoms with van der Waals surface area (Å²) in [5, 5.41) is 22.8. The molecule has 0 rings (SSSR count). The summed E-state index contributed by atoms with van der Waals surface area (Å²) in [5.74, 6) is -2.15. The molecule has 0 fully saturated rings. The van der Waals surface area contributed by atoms with Crippen LogP contribution in [0.1, 0.15) is 12.8 Å². The molecule has 0 atom stereocenters. The van der Waals surface area contributed by atoms with E-state index < -0.39 is 11.9 Å². The van der Waals surface area contributed by atoms with Gasteiger partial charge < -0.3 is 21.5 Å². The van der Waals surface area contributed by atoms with Crippen LogP contribution in [0.15, 0.2) is 0 Å². The minimum Gasteiger partial charge on any atom is -0.481 e. The maximum atomic E-state index is 9.64. The fourth-order valence-electron chi connectivity index (χ4n) is 0.214. The number of aliphatic carboxylic acids is 2. The second-order valence-corrected chi connectivity index (χ2v) is 1.29. The first-order chi connectivity index (χ1) is 4.63. The molecule has 0 aliphatic heterocycles. The summed E-state index contributed by atoms with van der Waals surface area (Å²) in [4.78, 5) is 19.3. The van der Waals surface area contributed by atoms with Crippen LogP contribution in [0.3, 0.4) is 0 Å². The van der Waals surface area contributed by atoms with Crippen molar-refractivity contribution < 1.29 is 24.9 Å². The molecule has 0 saturated carbocycles. The van der Waals surface area contributed by atoms with Crippen molar-refractivity contribution in [3.8, 4) is 0 Å². The summed E-state index contributed by atoms with van der Waals surface area (Å²) in [6.45, 7) is 0. The van der Waals surface area contributed by atoms with Crippen LogP contribution in [-0.4, -0.2) is 34.4 Å². The molecular weight excluding hydrogens is 154 g/mol. The van der Waals surface area contributed by atoms with Gasteiger partial charge in [-0.05, 0) is 0 Å². The monoisotopic (exact) mass is 167 g/mol. The first-order valence-electron chi connectivity index (χ1n) is 2.51. The van der Waals surface area contributed by atoms with Crippen LogP contribution in [0.5, 0.6) is 0 Å². The maximum Gasteiger partial charge on any atom is 0.303 e.